The lowest BCUT2D eigenvalue weighted by Gasteiger charge is -2.44. The van der Waals surface area contributed by atoms with Crippen LogP contribution in [0, 0.1) is 0 Å². The van der Waals surface area contributed by atoms with E-state index >= 15 is 0 Å². The van der Waals surface area contributed by atoms with Crippen LogP contribution in [0.3, 0.4) is 0 Å². The van der Waals surface area contributed by atoms with Gasteiger partial charge in [0.2, 0.25) is 0 Å². The van der Waals surface area contributed by atoms with Crippen LogP contribution in [0.4, 0.5) is 0 Å². The van der Waals surface area contributed by atoms with E-state index in [0.29, 0.717) is 13.2 Å². The van der Waals surface area contributed by atoms with Crippen LogP contribution in [-0.4, -0.2) is 174 Å². The van der Waals surface area contributed by atoms with E-state index in [1.165, 1.54) is 0 Å². The van der Waals surface area contributed by atoms with Crippen LogP contribution >= 0.6 is 0 Å². The van der Waals surface area contributed by atoms with Crippen molar-refractivity contribution in [2.75, 3.05) is 78.7 Å². The maximum Gasteiger partial charge on any atom is 0.322 e. The van der Waals surface area contributed by atoms with E-state index in [-0.39, 0.29) is 0 Å². The molecule has 2 N–H and O–H groups in total. The second-order valence-electron chi connectivity index (χ2n) is 21.2. The highest BCUT2D eigenvalue weighted by atomic mass is 28.5. The Bertz CT molecular complexity index is 1200. The van der Waals surface area contributed by atoms with Gasteiger partial charge in [0.25, 0.3) is 0 Å². The third kappa shape index (κ3) is 27.2. The summed E-state index contributed by atoms with van der Waals surface area (Å²) < 4.78 is 74.0. The zero-order chi connectivity index (χ0) is 46.7. The Hall–Kier alpha value is 1.57. The summed E-state index contributed by atoms with van der Waals surface area (Å²) in [7, 11) is -26.2. The number of rotatable bonds is 30. The molecule has 2 fully saturated rings. The number of unbranched alkanes of at least 4 members (excludes halogenated alkanes) is 2. The first-order valence-electron chi connectivity index (χ1n) is 23.0. The molecule has 2 aliphatic rings. The Morgan fingerprint density at radius 2 is 0.492 bits per heavy atom. The molecule has 0 atom stereocenters. The molecule has 15 nitrogen and oxygen atoms in total. The molecule has 0 saturated carbocycles. The molecular weight excluding hydrogens is 945 g/mol. The Balaban J connectivity index is 1.86. The number of piperazine rings is 2. The van der Waals surface area contributed by atoms with Crippen molar-refractivity contribution >= 4 is 85.6 Å². The molecule has 0 unspecified atom stereocenters. The summed E-state index contributed by atoms with van der Waals surface area (Å²) in [4.78, 5) is 5.06. The van der Waals surface area contributed by atoms with Gasteiger partial charge < -0.3 is 66.3 Å². The normalized spacial score (nSPS) is 18.3. The highest BCUT2D eigenvalue weighted by Crippen LogP contribution is 2.31. The topological polar surface area (TPSA) is 132 Å². The second kappa shape index (κ2) is 24.2. The summed E-state index contributed by atoms with van der Waals surface area (Å²) in [6.45, 7) is 54.5. The van der Waals surface area contributed by atoms with Gasteiger partial charge in [-0.1, -0.05) is 0 Å². The molecule has 2 rings (SSSR count). The molecule has 61 heavy (non-hydrogen) atoms. The van der Waals surface area contributed by atoms with Gasteiger partial charge >= 0.3 is 85.6 Å². The Kier molecular flexibility index (Phi) is 23.3. The van der Waals surface area contributed by atoms with Crippen LogP contribution in [-0.2, 0) is 45.9 Å². The largest absolute Gasteiger partial charge is 0.416 e. The van der Waals surface area contributed by atoms with Crippen LogP contribution in [0.2, 0.25) is 131 Å². The molecule has 0 aromatic rings. The number of nitrogens with one attached hydrogen (secondary N) is 2. The molecule has 0 amide bonds. The van der Waals surface area contributed by atoms with Gasteiger partial charge in [-0.05, 0) is 170 Å². The van der Waals surface area contributed by atoms with Crippen molar-refractivity contribution in [1.29, 1.82) is 0 Å². The summed E-state index contributed by atoms with van der Waals surface area (Å²) >= 11 is 0. The van der Waals surface area contributed by atoms with Gasteiger partial charge in [-0.3, -0.25) is 0 Å². The lowest BCUT2D eigenvalue weighted by molar-refractivity contribution is 0.201. The van der Waals surface area contributed by atoms with E-state index < -0.39 is 85.6 Å². The maximum absolute atomic E-state index is 6.87. The minimum atomic E-state index is -2.73. The summed E-state index contributed by atoms with van der Waals surface area (Å²) in [5.74, 6) is 0. The molecule has 25 heteroatoms. The first-order valence-corrected chi connectivity index (χ1v) is 51.1. The molecule has 364 valence electrons. The standard InChI is InChI=1S/C36H94N4O11Si10/c1-52(2,41-35-23-21-29-39-31-25-37-26-32-39)43-54(5,6)45-56(9,10)47-58(13,14)49-60(17,18)51-61(19,20)50-59(15,16)48-57(11,12)46-55(7,8)44-53(3,4)42-36-24-22-30-40-33-27-38-28-34-40/h37-38H,21-36H2,1-20H3. The van der Waals surface area contributed by atoms with Crippen LogP contribution in [0.15, 0.2) is 0 Å². The van der Waals surface area contributed by atoms with Crippen molar-refractivity contribution in [3.63, 3.8) is 0 Å². The number of hydrogen-bond donors (Lipinski definition) is 2. The van der Waals surface area contributed by atoms with E-state index in [1.54, 1.807) is 0 Å². The molecule has 2 saturated heterocycles. The molecule has 0 aromatic carbocycles. The molecule has 2 aliphatic heterocycles. The lowest BCUT2D eigenvalue weighted by Crippen LogP contribution is -2.62. The smallest absolute Gasteiger partial charge is 0.322 e. The van der Waals surface area contributed by atoms with Crippen molar-refractivity contribution in [3.05, 3.63) is 0 Å². The molecule has 0 radical (unpaired) electrons. The van der Waals surface area contributed by atoms with Crippen LogP contribution < -0.4 is 10.6 Å². The average Bonchev–Trinajstić information content (AvgIpc) is 3.00. The zero-order valence-electron chi connectivity index (χ0n) is 42.7. The molecular formula is C36H94N4O11Si10. The first kappa shape index (κ1) is 58.7. The van der Waals surface area contributed by atoms with Gasteiger partial charge in [0, 0.05) is 65.6 Å². The van der Waals surface area contributed by atoms with Gasteiger partial charge in [-0.15, -0.1) is 0 Å². The van der Waals surface area contributed by atoms with E-state index in [4.69, 9.17) is 45.9 Å². The fourth-order valence-electron chi connectivity index (χ4n) is 8.93. The van der Waals surface area contributed by atoms with Crippen molar-refractivity contribution in [3.8, 4) is 0 Å². The Labute approximate surface area is 385 Å². The van der Waals surface area contributed by atoms with Gasteiger partial charge in [0.05, 0.1) is 0 Å². The van der Waals surface area contributed by atoms with Gasteiger partial charge in [0.1, 0.15) is 0 Å². The number of nitrogens with zero attached hydrogens (tertiary/aromatic N) is 2. The third-order valence-corrected chi connectivity index (χ3v) is 46.7. The van der Waals surface area contributed by atoms with E-state index in [1.807, 2.05) is 0 Å². The Morgan fingerprint density at radius 1 is 0.295 bits per heavy atom. The van der Waals surface area contributed by atoms with Crippen LogP contribution in [0.1, 0.15) is 25.7 Å². The molecule has 2 heterocycles. The van der Waals surface area contributed by atoms with E-state index in [9.17, 15) is 0 Å². The molecule has 0 aliphatic carbocycles. The van der Waals surface area contributed by atoms with Gasteiger partial charge in [-0.25, -0.2) is 0 Å². The van der Waals surface area contributed by atoms with Crippen molar-refractivity contribution < 1.29 is 45.9 Å². The SMILES string of the molecule is C[Si](C)(OCCCCN1CCNCC1)O[Si](C)(C)O[Si](C)(C)O[Si](C)(C)O[Si](C)(C)O[Si](C)(C)O[Si](C)(C)O[Si](C)(C)O[Si](C)(C)O[Si](C)(C)OCCCCN1CCNCC1. The summed E-state index contributed by atoms with van der Waals surface area (Å²) in [6, 6.07) is 0. The summed E-state index contributed by atoms with van der Waals surface area (Å²) in [6.07, 6.45) is 4.33. The van der Waals surface area contributed by atoms with Crippen LogP contribution in [0.5, 0.6) is 0 Å². The fraction of sp³-hybridized carbons (Fsp3) is 1.00. The minimum absolute atomic E-state index is 0.714. The van der Waals surface area contributed by atoms with E-state index in [0.717, 1.165) is 91.1 Å². The monoisotopic (exact) mass is 1040 g/mol. The number of hydrogen-bond acceptors (Lipinski definition) is 15. The van der Waals surface area contributed by atoms with Crippen molar-refractivity contribution in [1.82, 2.24) is 20.4 Å². The predicted octanol–water partition coefficient (Wildman–Crippen LogP) is 7.56. The predicted molar refractivity (Wildman–Crippen MR) is 274 cm³/mol. The maximum atomic E-state index is 6.87. The molecule has 0 spiro atoms. The van der Waals surface area contributed by atoms with Crippen molar-refractivity contribution in [2.24, 2.45) is 0 Å². The third-order valence-electron chi connectivity index (χ3n) is 9.48. The average molecular weight is 1040 g/mol. The molecule has 0 bridgehead atoms. The van der Waals surface area contributed by atoms with Gasteiger partial charge in [0.15, 0.2) is 0 Å². The van der Waals surface area contributed by atoms with Gasteiger partial charge in [-0.2, -0.15) is 0 Å². The summed E-state index contributed by atoms with van der Waals surface area (Å²) in [5.41, 5.74) is 0. The minimum Gasteiger partial charge on any atom is -0.416 e. The quantitative estimate of drug-likeness (QED) is 0.0542. The lowest BCUT2D eigenvalue weighted by atomic mass is 10.3. The fourth-order valence-corrected chi connectivity index (χ4v) is 57.6. The zero-order valence-corrected chi connectivity index (χ0v) is 52.7. The van der Waals surface area contributed by atoms with Crippen molar-refractivity contribution in [2.45, 2.75) is 157 Å². The van der Waals surface area contributed by atoms with E-state index in [2.05, 4.69) is 151 Å². The second-order valence-corrected chi connectivity index (χ2v) is 57.1. The summed E-state index contributed by atoms with van der Waals surface area (Å²) in [5, 5.41) is 6.84. The Morgan fingerprint density at radius 3 is 0.705 bits per heavy atom. The highest BCUT2D eigenvalue weighted by Gasteiger charge is 2.51. The first-order chi connectivity index (χ1) is 27.5. The molecule has 0 aromatic heterocycles. The van der Waals surface area contributed by atoms with Crippen LogP contribution in [0.25, 0.3) is 0 Å². The highest BCUT2D eigenvalue weighted by molar-refractivity contribution is 6.92.